The second-order valence-electron chi connectivity index (χ2n) is 9.84. The quantitative estimate of drug-likeness (QED) is 0.0596. The first kappa shape index (κ1) is 26.1. The second-order valence-corrected chi connectivity index (χ2v) is 10.7. The number of aliphatic hydroxyl groups is 1. The van der Waals surface area contributed by atoms with E-state index in [1.807, 2.05) is 19.9 Å². The molecular weight excluding hydrogens is 567 g/mol. The van der Waals surface area contributed by atoms with Gasteiger partial charge in [-0.15, -0.1) is 0 Å². The van der Waals surface area contributed by atoms with Crippen LogP contribution in [0.4, 0.5) is 0 Å². The molecule has 0 aliphatic carbocycles. The molecule has 3 fully saturated rings. The van der Waals surface area contributed by atoms with Crippen LogP contribution in [0.5, 0.6) is 0 Å². The molecule has 3 saturated heterocycles. The van der Waals surface area contributed by atoms with Gasteiger partial charge < -0.3 is 30.4 Å². The molecule has 0 aromatic heterocycles. The number of allylic oxidation sites excluding steroid dienone is 3. The summed E-state index contributed by atoms with van der Waals surface area (Å²) in [6.45, 7) is 7.89. The fraction of sp³-hybridized carbons (Fsp3) is 0.560. The van der Waals surface area contributed by atoms with Crippen LogP contribution in [-0.2, 0) is 28.6 Å². The van der Waals surface area contributed by atoms with E-state index in [9.17, 15) is 19.5 Å². The average Bonchev–Trinajstić information content (AvgIpc) is 3.53. The van der Waals surface area contributed by atoms with E-state index in [2.05, 4.69) is 47.0 Å². The van der Waals surface area contributed by atoms with Crippen molar-refractivity contribution >= 4 is 40.2 Å². The van der Waals surface area contributed by atoms with Crippen molar-refractivity contribution in [3.05, 3.63) is 47.3 Å². The number of hydrogen-bond acceptors (Lipinski definition) is 7. The van der Waals surface area contributed by atoms with Crippen LogP contribution >= 0.6 is 22.6 Å². The summed E-state index contributed by atoms with van der Waals surface area (Å²) in [4.78, 5) is 36.3. The van der Waals surface area contributed by atoms with Gasteiger partial charge in [-0.3, -0.25) is 14.4 Å². The van der Waals surface area contributed by atoms with Crippen molar-refractivity contribution < 1.29 is 33.7 Å². The molecule has 4 N–H and O–H groups in total. The minimum Gasteiger partial charge on any atom is -0.507 e. The number of amides is 2. The van der Waals surface area contributed by atoms with E-state index in [-0.39, 0.29) is 29.6 Å². The number of alkyl halides is 1. The Labute approximate surface area is 217 Å². The van der Waals surface area contributed by atoms with Gasteiger partial charge >= 0.3 is 0 Å². The van der Waals surface area contributed by atoms with Gasteiger partial charge in [0.15, 0.2) is 11.4 Å². The lowest BCUT2D eigenvalue weighted by Gasteiger charge is -2.51. The van der Waals surface area contributed by atoms with E-state index < -0.39 is 46.7 Å². The third kappa shape index (κ3) is 4.61. The van der Waals surface area contributed by atoms with Crippen LogP contribution in [0.2, 0.25) is 0 Å². The van der Waals surface area contributed by atoms with E-state index in [0.717, 1.165) is 10.0 Å². The molecule has 4 aliphatic heterocycles. The Hall–Kier alpha value is -2.02. The third-order valence-corrected chi connectivity index (χ3v) is 8.34. The second kappa shape index (κ2) is 9.45. The molecule has 4 rings (SSSR count). The smallest absolute Gasteiger partial charge is 0.259 e. The van der Waals surface area contributed by atoms with Crippen molar-refractivity contribution in [3.8, 4) is 0 Å². The van der Waals surface area contributed by atoms with E-state index in [1.54, 1.807) is 6.08 Å². The number of epoxide rings is 1. The summed E-state index contributed by atoms with van der Waals surface area (Å²) in [5.41, 5.74) is 5.18. The summed E-state index contributed by atoms with van der Waals surface area (Å²) in [5, 5.41) is 12.9. The van der Waals surface area contributed by atoms with Crippen LogP contribution in [0.3, 0.4) is 0 Å². The molecule has 2 bridgehead atoms. The topological polar surface area (TPSA) is 140 Å². The summed E-state index contributed by atoms with van der Waals surface area (Å²) < 4.78 is 19.3. The van der Waals surface area contributed by atoms with Crippen molar-refractivity contribution in [2.24, 2.45) is 23.5 Å². The minimum absolute atomic E-state index is 0.0134. The van der Waals surface area contributed by atoms with Gasteiger partial charge in [-0.1, -0.05) is 60.2 Å². The lowest BCUT2D eigenvalue weighted by atomic mass is 9.82. The first-order valence-corrected chi connectivity index (χ1v) is 13.1. The van der Waals surface area contributed by atoms with Gasteiger partial charge in [0.05, 0.1) is 24.7 Å². The number of carbonyl (C=O) groups excluding carboxylic acids is 3. The molecule has 0 aromatic carbocycles. The van der Waals surface area contributed by atoms with Crippen LogP contribution in [0.1, 0.15) is 27.7 Å². The number of hydrogen-bond donors (Lipinski definition) is 3. The Kier molecular flexibility index (Phi) is 7.04. The molecule has 0 aromatic rings. The van der Waals surface area contributed by atoms with Gasteiger partial charge in [0.25, 0.3) is 5.91 Å². The highest BCUT2D eigenvalue weighted by atomic mass is 127. The number of rotatable bonds is 7. The molecule has 8 unspecified atom stereocenters. The number of ether oxygens (including phenoxy) is 3. The van der Waals surface area contributed by atoms with Gasteiger partial charge in [0, 0.05) is 16.3 Å². The van der Waals surface area contributed by atoms with Crippen molar-refractivity contribution in [1.82, 2.24) is 5.32 Å². The Morgan fingerprint density at radius 2 is 2.03 bits per heavy atom. The molecule has 9 nitrogen and oxygen atoms in total. The SMILES string of the molecule is CC(/C=C/C(O)=C1C(=O)NC(C(C)C(N)=O)C1=O)=C\C(C)C1OC2(C)OC(C=CC23CO3)C1CI. The number of primary amides is 1. The lowest BCUT2D eigenvalue weighted by Crippen LogP contribution is -2.62. The monoisotopic (exact) mass is 598 g/mol. The molecular formula is C25H31IN2O7. The summed E-state index contributed by atoms with van der Waals surface area (Å²) in [7, 11) is 0. The Bertz CT molecular complexity index is 1060. The fourth-order valence-electron chi connectivity index (χ4n) is 4.97. The number of Topliss-reactive ketones (excluding diaryl/α,β-unsaturated/α-hetero) is 1. The number of aliphatic hydroxyl groups excluding tert-OH is 1. The number of nitrogens with two attached hydrogens (primary N) is 1. The molecule has 0 radical (unpaired) electrons. The molecule has 1 spiro atoms. The summed E-state index contributed by atoms with van der Waals surface area (Å²) in [6, 6.07) is -1.08. The highest BCUT2D eigenvalue weighted by molar-refractivity contribution is 14.1. The number of halogens is 1. The summed E-state index contributed by atoms with van der Waals surface area (Å²) in [6.07, 6.45) is 8.95. The molecule has 0 saturated carbocycles. The number of ketones is 1. The van der Waals surface area contributed by atoms with E-state index in [0.29, 0.717) is 6.61 Å². The van der Waals surface area contributed by atoms with Gasteiger partial charge in [-0.05, 0) is 26.0 Å². The predicted octanol–water partition coefficient (Wildman–Crippen LogP) is 2.02. The minimum atomic E-state index is -1.08. The maximum absolute atomic E-state index is 12.6. The average molecular weight is 598 g/mol. The zero-order valence-electron chi connectivity index (χ0n) is 20.1. The third-order valence-electron chi connectivity index (χ3n) is 7.32. The van der Waals surface area contributed by atoms with Gasteiger partial charge in [-0.2, -0.15) is 0 Å². The van der Waals surface area contributed by atoms with Crippen molar-refractivity contribution in [3.63, 3.8) is 0 Å². The van der Waals surface area contributed by atoms with Gasteiger partial charge in [0.1, 0.15) is 17.4 Å². The Morgan fingerprint density at radius 3 is 2.63 bits per heavy atom. The number of nitrogens with one attached hydrogen (secondary N) is 1. The zero-order chi connectivity index (χ0) is 25.7. The van der Waals surface area contributed by atoms with E-state index in [1.165, 1.54) is 13.0 Å². The van der Waals surface area contributed by atoms with E-state index >= 15 is 0 Å². The molecule has 35 heavy (non-hydrogen) atoms. The number of carbonyl (C=O) groups is 3. The molecule has 4 heterocycles. The Balaban J connectivity index is 1.50. The van der Waals surface area contributed by atoms with Gasteiger partial charge in [-0.25, -0.2) is 0 Å². The highest BCUT2D eigenvalue weighted by Crippen LogP contribution is 2.52. The summed E-state index contributed by atoms with van der Waals surface area (Å²) in [5.74, 6) is -4.11. The van der Waals surface area contributed by atoms with Gasteiger partial charge in [0.2, 0.25) is 11.7 Å². The van der Waals surface area contributed by atoms with Crippen LogP contribution in [0, 0.1) is 17.8 Å². The Morgan fingerprint density at radius 1 is 1.34 bits per heavy atom. The van der Waals surface area contributed by atoms with Crippen molar-refractivity contribution in [2.75, 3.05) is 11.0 Å². The maximum Gasteiger partial charge on any atom is 0.259 e. The molecule has 4 aliphatic rings. The van der Waals surface area contributed by atoms with Crippen molar-refractivity contribution in [1.29, 1.82) is 0 Å². The van der Waals surface area contributed by atoms with Crippen LogP contribution in [0.15, 0.2) is 47.3 Å². The van der Waals surface area contributed by atoms with Crippen LogP contribution < -0.4 is 11.1 Å². The molecule has 2 amide bonds. The molecule has 10 heteroatoms. The first-order valence-electron chi connectivity index (χ1n) is 11.6. The van der Waals surface area contributed by atoms with Crippen LogP contribution in [-0.4, -0.2) is 63.4 Å². The first-order chi connectivity index (χ1) is 16.4. The lowest BCUT2D eigenvalue weighted by molar-refractivity contribution is -0.345. The van der Waals surface area contributed by atoms with E-state index in [4.69, 9.17) is 19.9 Å². The van der Waals surface area contributed by atoms with Crippen LogP contribution in [0.25, 0.3) is 0 Å². The summed E-state index contributed by atoms with van der Waals surface area (Å²) >= 11 is 2.35. The maximum atomic E-state index is 12.6. The predicted molar refractivity (Wildman–Crippen MR) is 135 cm³/mol. The fourth-order valence-corrected chi connectivity index (χ4v) is 5.97. The standard InChI is InChI=1S/C25H31IN2O7/c1-12(5-6-16(29)18-20(30)19(28-23(18)32)14(3)22(27)31)9-13(2)21-15(10-26)17-7-8-25(11-33-25)24(4,34-17)35-21/h5-9,13-15,17,19,21,29H,10-11H2,1-4H3,(H2,27,31)(H,28,32)/b6-5+,12-9+,18-16?. The zero-order valence-corrected chi connectivity index (χ0v) is 22.3. The molecule has 8 atom stereocenters. The van der Waals surface area contributed by atoms with Crippen molar-refractivity contribution in [2.45, 2.75) is 57.3 Å². The highest BCUT2D eigenvalue weighted by Gasteiger charge is 2.66. The largest absolute Gasteiger partial charge is 0.507 e. The normalized spacial score (nSPS) is 39.6. The molecule has 190 valence electrons. The number of fused-ring (bicyclic) bond motifs is 3.